The second kappa shape index (κ2) is 13.7. The lowest BCUT2D eigenvalue weighted by atomic mass is 9.94. The van der Waals surface area contributed by atoms with E-state index in [1.807, 2.05) is 49.4 Å². The Hall–Kier alpha value is -5.45. The molecule has 2 heterocycles. The lowest BCUT2D eigenvalue weighted by molar-refractivity contribution is -0.113. The number of carboxylic acid groups (broad SMARTS) is 1. The van der Waals surface area contributed by atoms with E-state index in [0.29, 0.717) is 43.2 Å². The zero-order chi connectivity index (χ0) is 33.9. The van der Waals surface area contributed by atoms with E-state index in [1.165, 1.54) is 30.6 Å². The van der Waals surface area contributed by atoms with Gasteiger partial charge in [-0.05, 0) is 73.0 Å². The molecule has 6 rings (SSSR count). The standard InChI is InChI=1S/C37H30ClN3O6S/c1-21-12-14-25(15-13-21)32-31(34(42)40-27-10-5-4-6-11-27)22(2)39-37-41(32)35(43)30(48-37)19-24-17-28(38)33(29(18-24)46-3)47-20-23-8-7-9-26(16-23)36(44)45/h4-19,32H,20H2,1-3H3,(H,40,42)(H,44,45)/b30-19+/t32-/m0/s1. The van der Waals surface area contributed by atoms with Crippen LogP contribution in [0.25, 0.3) is 6.08 Å². The van der Waals surface area contributed by atoms with Crippen LogP contribution in [0.2, 0.25) is 5.02 Å². The fraction of sp³-hybridized carbons (Fsp3) is 0.135. The number of thiazole rings is 1. The van der Waals surface area contributed by atoms with Crippen molar-refractivity contribution in [3.8, 4) is 11.5 Å². The van der Waals surface area contributed by atoms with Crippen molar-refractivity contribution in [2.75, 3.05) is 12.4 Å². The molecular formula is C37H30ClN3O6S. The molecule has 48 heavy (non-hydrogen) atoms. The van der Waals surface area contributed by atoms with Crippen LogP contribution in [-0.4, -0.2) is 28.7 Å². The molecule has 0 bridgehead atoms. The Morgan fingerprint density at radius 2 is 1.77 bits per heavy atom. The third-order valence-corrected chi connectivity index (χ3v) is 9.06. The molecule has 2 N–H and O–H groups in total. The number of nitrogens with zero attached hydrogens (tertiary/aromatic N) is 2. The Morgan fingerprint density at radius 1 is 1.02 bits per heavy atom. The first-order valence-electron chi connectivity index (χ1n) is 14.9. The van der Waals surface area contributed by atoms with Gasteiger partial charge in [0.15, 0.2) is 16.3 Å². The Labute approximate surface area is 284 Å². The minimum absolute atomic E-state index is 0.0632. The molecule has 4 aromatic carbocycles. The molecule has 1 aliphatic heterocycles. The van der Waals surface area contributed by atoms with Gasteiger partial charge in [0.25, 0.3) is 11.5 Å². The highest BCUT2D eigenvalue weighted by Crippen LogP contribution is 2.37. The summed E-state index contributed by atoms with van der Waals surface area (Å²) >= 11 is 7.87. The van der Waals surface area contributed by atoms with E-state index in [2.05, 4.69) is 5.32 Å². The first-order valence-corrected chi connectivity index (χ1v) is 16.1. The highest BCUT2D eigenvalue weighted by Gasteiger charge is 2.32. The van der Waals surface area contributed by atoms with Gasteiger partial charge in [-0.2, -0.15) is 0 Å². The number of amides is 1. The van der Waals surface area contributed by atoms with Crippen LogP contribution in [0.5, 0.6) is 11.5 Å². The second-order valence-electron chi connectivity index (χ2n) is 11.1. The summed E-state index contributed by atoms with van der Waals surface area (Å²) in [6, 6.07) is 26.0. The van der Waals surface area contributed by atoms with Crippen molar-refractivity contribution in [2.24, 2.45) is 4.99 Å². The van der Waals surface area contributed by atoms with E-state index in [9.17, 15) is 19.5 Å². The van der Waals surface area contributed by atoms with E-state index >= 15 is 0 Å². The van der Waals surface area contributed by atoms with Crippen LogP contribution in [0, 0.1) is 6.92 Å². The maximum atomic E-state index is 14.1. The van der Waals surface area contributed by atoms with Crippen molar-refractivity contribution in [1.29, 1.82) is 0 Å². The van der Waals surface area contributed by atoms with Crippen molar-refractivity contribution in [3.05, 3.63) is 155 Å². The highest BCUT2D eigenvalue weighted by molar-refractivity contribution is 7.07. The van der Waals surface area contributed by atoms with Crippen LogP contribution in [-0.2, 0) is 11.4 Å². The molecule has 1 amide bonds. The molecule has 0 fully saturated rings. The van der Waals surface area contributed by atoms with Crippen LogP contribution in [0.3, 0.4) is 0 Å². The minimum atomic E-state index is -1.03. The van der Waals surface area contributed by atoms with Crippen LogP contribution < -0.4 is 29.7 Å². The summed E-state index contributed by atoms with van der Waals surface area (Å²) in [5, 5.41) is 12.5. The monoisotopic (exact) mass is 679 g/mol. The molecule has 0 radical (unpaired) electrons. The fourth-order valence-electron chi connectivity index (χ4n) is 5.46. The molecule has 0 saturated heterocycles. The molecular weight excluding hydrogens is 650 g/mol. The highest BCUT2D eigenvalue weighted by atomic mass is 35.5. The molecule has 0 spiro atoms. The number of hydrogen-bond donors (Lipinski definition) is 2. The van der Waals surface area contributed by atoms with Crippen LogP contribution in [0.15, 0.2) is 112 Å². The van der Waals surface area contributed by atoms with E-state index in [1.54, 1.807) is 54.0 Å². The molecule has 0 unspecified atom stereocenters. The summed E-state index contributed by atoms with van der Waals surface area (Å²) < 4.78 is 13.5. The van der Waals surface area contributed by atoms with E-state index < -0.39 is 12.0 Å². The molecule has 5 aromatic rings. The number of anilines is 1. The maximum absolute atomic E-state index is 14.1. The van der Waals surface area contributed by atoms with Gasteiger partial charge in [-0.25, -0.2) is 9.79 Å². The predicted octanol–water partition coefficient (Wildman–Crippen LogP) is 6.12. The Bertz CT molecular complexity index is 2260. The average molecular weight is 680 g/mol. The number of para-hydroxylation sites is 1. The summed E-state index contributed by atoms with van der Waals surface area (Å²) in [6.07, 6.45) is 1.70. The Balaban J connectivity index is 1.38. The number of aromatic carboxylic acids is 1. The quantitative estimate of drug-likeness (QED) is 0.194. The number of fused-ring (bicyclic) bond motifs is 1. The predicted molar refractivity (Wildman–Crippen MR) is 186 cm³/mol. The van der Waals surface area contributed by atoms with Crippen molar-refractivity contribution in [3.63, 3.8) is 0 Å². The maximum Gasteiger partial charge on any atom is 0.335 e. The number of benzene rings is 4. The van der Waals surface area contributed by atoms with E-state index in [4.69, 9.17) is 26.1 Å². The summed E-state index contributed by atoms with van der Waals surface area (Å²) in [6.45, 7) is 3.82. The van der Waals surface area contributed by atoms with Crippen LogP contribution in [0.4, 0.5) is 5.69 Å². The third-order valence-electron chi connectivity index (χ3n) is 7.80. The van der Waals surface area contributed by atoms with Crippen LogP contribution >= 0.6 is 22.9 Å². The summed E-state index contributed by atoms with van der Waals surface area (Å²) in [4.78, 5) is 44.4. The normalized spacial score (nSPS) is 14.2. The Kier molecular flexibility index (Phi) is 9.29. The number of aryl methyl sites for hydroxylation is 1. The molecule has 0 aliphatic carbocycles. The SMILES string of the molecule is COc1cc(/C=c2/sc3n(c2=O)[C@@H](c2ccc(C)cc2)C(C(=O)Nc2ccccc2)=C(C)N=3)cc(Cl)c1OCc1cccc(C(=O)O)c1. The van der Waals surface area contributed by atoms with Gasteiger partial charge in [0, 0.05) is 5.69 Å². The first kappa shape index (κ1) is 32.5. The fourth-order valence-corrected chi connectivity index (χ4v) is 6.78. The Morgan fingerprint density at radius 3 is 2.48 bits per heavy atom. The minimum Gasteiger partial charge on any atom is -0.493 e. The largest absolute Gasteiger partial charge is 0.493 e. The number of allylic oxidation sites excluding steroid dienone is 1. The number of rotatable bonds is 9. The molecule has 1 aliphatic rings. The average Bonchev–Trinajstić information content (AvgIpc) is 3.37. The topological polar surface area (TPSA) is 119 Å². The van der Waals surface area contributed by atoms with Gasteiger partial charge < -0.3 is 19.9 Å². The van der Waals surface area contributed by atoms with Crippen molar-refractivity contribution in [2.45, 2.75) is 26.5 Å². The zero-order valence-corrected chi connectivity index (χ0v) is 27.8. The smallest absolute Gasteiger partial charge is 0.335 e. The zero-order valence-electron chi connectivity index (χ0n) is 26.2. The van der Waals surface area contributed by atoms with Gasteiger partial charge in [0.2, 0.25) is 0 Å². The van der Waals surface area contributed by atoms with Gasteiger partial charge in [0.05, 0.1) is 39.5 Å². The molecule has 9 nitrogen and oxygen atoms in total. The van der Waals surface area contributed by atoms with E-state index in [-0.39, 0.29) is 34.4 Å². The van der Waals surface area contributed by atoms with Gasteiger partial charge in [-0.1, -0.05) is 83.1 Å². The number of carbonyl (C=O) groups excluding carboxylic acids is 1. The van der Waals surface area contributed by atoms with E-state index in [0.717, 1.165) is 11.1 Å². The number of nitrogens with one attached hydrogen (secondary N) is 1. The number of methoxy groups -OCH3 is 1. The van der Waals surface area contributed by atoms with Crippen molar-refractivity contribution in [1.82, 2.24) is 4.57 Å². The lowest BCUT2D eigenvalue weighted by Crippen LogP contribution is -2.40. The summed E-state index contributed by atoms with van der Waals surface area (Å²) in [5.41, 5.74) is 4.43. The number of hydrogen-bond acceptors (Lipinski definition) is 7. The number of halogens is 1. The molecule has 11 heteroatoms. The van der Waals surface area contributed by atoms with Crippen molar-refractivity contribution >= 4 is 46.6 Å². The molecule has 242 valence electrons. The van der Waals surface area contributed by atoms with Gasteiger partial charge in [-0.3, -0.25) is 14.2 Å². The second-order valence-corrected chi connectivity index (χ2v) is 12.6. The van der Waals surface area contributed by atoms with Gasteiger partial charge in [0.1, 0.15) is 6.61 Å². The first-order chi connectivity index (χ1) is 23.1. The molecule has 1 aromatic heterocycles. The van der Waals surface area contributed by atoms with Gasteiger partial charge >= 0.3 is 5.97 Å². The molecule has 1 atom stereocenters. The van der Waals surface area contributed by atoms with Crippen LogP contribution in [0.1, 0.15) is 45.6 Å². The van der Waals surface area contributed by atoms with Crippen molar-refractivity contribution < 1.29 is 24.2 Å². The van der Waals surface area contributed by atoms with Gasteiger partial charge in [-0.15, -0.1) is 0 Å². The number of carbonyl (C=O) groups is 2. The number of ether oxygens (including phenoxy) is 2. The number of aromatic nitrogens is 1. The third kappa shape index (κ3) is 6.67. The lowest BCUT2D eigenvalue weighted by Gasteiger charge is -2.25. The summed E-state index contributed by atoms with van der Waals surface area (Å²) in [7, 11) is 1.48. The molecule has 0 saturated carbocycles. The summed E-state index contributed by atoms with van der Waals surface area (Å²) in [5.74, 6) is -0.759. The number of carboxylic acids is 1.